The molecule has 0 saturated heterocycles. The summed E-state index contributed by atoms with van der Waals surface area (Å²) in [7, 11) is 0. The summed E-state index contributed by atoms with van der Waals surface area (Å²) in [6, 6.07) is 12.6. The molecule has 3 aromatic heterocycles. The highest BCUT2D eigenvalue weighted by molar-refractivity contribution is 6.31. The van der Waals surface area contributed by atoms with Crippen LogP contribution in [-0.2, 0) is 4.79 Å². The first-order chi connectivity index (χ1) is 16.8. The summed E-state index contributed by atoms with van der Waals surface area (Å²) < 4.78 is 11.3. The van der Waals surface area contributed by atoms with Crippen molar-refractivity contribution in [3.8, 4) is 0 Å². The molecule has 1 aliphatic heterocycles. The molecule has 0 bridgehead atoms. The number of carbonyl (C=O) groups is 2. The van der Waals surface area contributed by atoms with Crippen LogP contribution in [0.25, 0.3) is 22.0 Å². The summed E-state index contributed by atoms with van der Waals surface area (Å²) in [4.78, 5) is 35.8. The van der Waals surface area contributed by atoms with Crippen LogP contribution in [0.4, 0.5) is 5.95 Å². The number of furan rings is 2. The Labute approximate surface area is 203 Å². The SMILES string of the molecule is Cc1cc2nc(N3C(=O)C(O)=C(C(=O)c4cc5cc(Cl)ccc5o4)C3c3ccco3)[nH]c2cc1C. The van der Waals surface area contributed by atoms with Gasteiger partial charge < -0.3 is 18.9 Å². The summed E-state index contributed by atoms with van der Waals surface area (Å²) in [5, 5.41) is 12.0. The molecule has 1 unspecified atom stereocenters. The molecule has 0 saturated carbocycles. The normalized spacial score (nSPS) is 16.3. The van der Waals surface area contributed by atoms with E-state index in [1.54, 1.807) is 30.3 Å². The van der Waals surface area contributed by atoms with Gasteiger partial charge in [-0.1, -0.05) is 11.6 Å². The molecule has 8 nitrogen and oxygen atoms in total. The summed E-state index contributed by atoms with van der Waals surface area (Å²) in [6.45, 7) is 3.95. The number of fused-ring (bicyclic) bond motifs is 2. The quantitative estimate of drug-likeness (QED) is 0.303. The summed E-state index contributed by atoms with van der Waals surface area (Å²) in [6.07, 6.45) is 1.43. The molecule has 35 heavy (non-hydrogen) atoms. The van der Waals surface area contributed by atoms with Gasteiger partial charge in [-0.05, 0) is 73.5 Å². The lowest BCUT2D eigenvalue weighted by atomic mass is 9.99. The number of ketones is 1. The maximum atomic E-state index is 13.6. The summed E-state index contributed by atoms with van der Waals surface area (Å²) in [5.74, 6) is -1.68. The Morgan fingerprint density at radius 3 is 2.71 bits per heavy atom. The van der Waals surface area contributed by atoms with Gasteiger partial charge in [0.2, 0.25) is 11.7 Å². The molecule has 0 radical (unpaired) electrons. The Hall–Kier alpha value is -4.30. The number of hydrogen-bond donors (Lipinski definition) is 2. The van der Waals surface area contributed by atoms with Crippen LogP contribution in [0.2, 0.25) is 5.02 Å². The Bertz CT molecular complexity index is 1650. The van der Waals surface area contributed by atoms with E-state index in [9.17, 15) is 14.7 Å². The van der Waals surface area contributed by atoms with Gasteiger partial charge in [-0.2, -0.15) is 0 Å². The lowest BCUT2D eigenvalue weighted by Crippen LogP contribution is -2.31. The van der Waals surface area contributed by atoms with Crippen molar-refractivity contribution in [2.75, 3.05) is 4.90 Å². The van der Waals surface area contributed by atoms with E-state index < -0.39 is 23.5 Å². The third kappa shape index (κ3) is 3.25. The molecule has 0 spiro atoms. The molecule has 174 valence electrons. The Balaban J connectivity index is 1.49. The third-order valence-corrected chi connectivity index (χ3v) is 6.52. The van der Waals surface area contributed by atoms with E-state index in [0.717, 1.165) is 16.6 Å². The van der Waals surface area contributed by atoms with Gasteiger partial charge in [0.25, 0.3) is 5.91 Å². The van der Waals surface area contributed by atoms with Crippen molar-refractivity contribution in [2.45, 2.75) is 19.9 Å². The fraction of sp³-hybridized carbons (Fsp3) is 0.115. The fourth-order valence-electron chi connectivity index (χ4n) is 4.40. The number of benzene rings is 2. The topological polar surface area (TPSA) is 113 Å². The summed E-state index contributed by atoms with van der Waals surface area (Å²) >= 11 is 6.06. The van der Waals surface area contributed by atoms with E-state index in [4.69, 9.17) is 20.4 Å². The van der Waals surface area contributed by atoms with E-state index in [1.165, 1.54) is 17.2 Å². The van der Waals surface area contributed by atoms with Crippen LogP contribution in [0.15, 0.2) is 75.0 Å². The maximum Gasteiger partial charge on any atom is 0.296 e. The minimum absolute atomic E-state index is 0.0362. The molecule has 1 amide bonds. The zero-order valence-corrected chi connectivity index (χ0v) is 19.4. The van der Waals surface area contributed by atoms with Gasteiger partial charge in [-0.3, -0.25) is 14.5 Å². The molecule has 5 aromatic rings. The Morgan fingerprint density at radius 1 is 1.14 bits per heavy atom. The van der Waals surface area contributed by atoms with Gasteiger partial charge in [0.15, 0.2) is 11.5 Å². The van der Waals surface area contributed by atoms with Gasteiger partial charge in [0.1, 0.15) is 17.4 Å². The molecule has 2 aromatic carbocycles. The zero-order chi connectivity index (χ0) is 24.4. The number of amides is 1. The van der Waals surface area contributed by atoms with Crippen molar-refractivity contribution in [2.24, 2.45) is 0 Å². The number of nitrogens with one attached hydrogen (secondary N) is 1. The van der Waals surface area contributed by atoms with Crippen LogP contribution >= 0.6 is 11.6 Å². The number of halogens is 1. The van der Waals surface area contributed by atoms with Crippen LogP contribution in [0.1, 0.15) is 33.5 Å². The first-order valence-corrected chi connectivity index (χ1v) is 11.2. The molecule has 9 heteroatoms. The highest BCUT2D eigenvalue weighted by atomic mass is 35.5. The molecule has 6 rings (SSSR count). The number of hydrogen-bond acceptors (Lipinski definition) is 6. The molecule has 0 aliphatic carbocycles. The van der Waals surface area contributed by atoms with Crippen LogP contribution < -0.4 is 4.90 Å². The number of nitrogens with zero attached hydrogens (tertiary/aromatic N) is 2. The van der Waals surface area contributed by atoms with Crippen molar-refractivity contribution < 1.29 is 23.5 Å². The zero-order valence-electron chi connectivity index (χ0n) is 18.6. The van der Waals surface area contributed by atoms with Gasteiger partial charge in [0.05, 0.1) is 22.9 Å². The lowest BCUT2D eigenvalue weighted by Gasteiger charge is -2.21. The first kappa shape index (κ1) is 21.2. The average Bonchev–Trinajstić information content (AvgIpc) is 3.60. The van der Waals surface area contributed by atoms with E-state index in [1.807, 2.05) is 26.0 Å². The monoisotopic (exact) mass is 487 g/mol. The number of anilines is 1. The Morgan fingerprint density at radius 2 is 1.94 bits per heavy atom. The van der Waals surface area contributed by atoms with Gasteiger partial charge in [-0.15, -0.1) is 0 Å². The third-order valence-electron chi connectivity index (χ3n) is 6.28. The number of H-pyrrole nitrogens is 1. The van der Waals surface area contributed by atoms with Crippen molar-refractivity contribution in [1.82, 2.24) is 9.97 Å². The average molecular weight is 488 g/mol. The predicted octanol–water partition coefficient (Wildman–Crippen LogP) is 5.96. The number of rotatable bonds is 4. The highest BCUT2D eigenvalue weighted by Crippen LogP contribution is 2.42. The number of aryl methyl sites for hydroxylation is 2. The predicted molar refractivity (Wildman–Crippen MR) is 130 cm³/mol. The molecule has 1 aliphatic rings. The van der Waals surface area contributed by atoms with Crippen LogP contribution in [-0.4, -0.2) is 26.8 Å². The van der Waals surface area contributed by atoms with Crippen molar-refractivity contribution in [1.29, 1.82) is 0 Å². The van der Waals surface area contributed by atoms with E-state index >= 15 is 0 Å². The minimum Gasteiger partial charge on any atom is -0.503 e. The van der Waals surface area contributed by atoms with Gasteiger partial charge >= 0.3 is 0 Å². The first-order valence-electron chi connectivity index (χ1n) is 10.8. The second-order valence-corrected chi connectivity index (χ2v) is 8.93. The molecule has 1 atom stereocenters. The number of carbonyl (C=O) groups excluding carboxylic acids is 2. The van der Waals surface area contributed by atoms with E-state index in [0.29, 0.717) is 21.5 Å². The highest BCUT2D eigenvalue weighted by Gasteiger charge is 2.48. The lowest BCUT2D eigenvalue weighted by molar-refractivity contribution is -0.117. The molecule has 0 fully saturated rings. The number of imidazole rings is 1. The van der Waals surface area contributed by atoms with Crippen LogP contribution in [0.5, 0.6) is 0 Å². The second-order valence-electron chi connectivity index (χ2n) is 8.49. The van der Waals surface area contributed by atoms with Crippen molar-refractivity contribution in [3.63, 3.8) is 0 Å². The summed E-state index contributed by atoms with van der Waals surface area (Å²) in [5.41, 5.74) is 3.78. The van der Waals surface area contributed by atoms with Crippen molar-refractivity contribution >= 4 is 51.2 Å². The number of Topliss-reactive ketones (excluding diaryl/α,β-unsaturated/α-hetero) is 1. The van der Waals surface area contributed by atoms with Gasteiger partial charge in [-0.25, -0.2) is 4.98 Å². The number of aliphatic hydroxyl groups excluding tert-OH is 1. The standard InChI is InChI=1S/C26H18ClN3O5/c1-12-8-16-17(9-13(12)2)29-26(28-16)30-22(19-4-3-7-34-19)21(24(32)25(30)33)23(31)20-11-14-10-15(27)5-6-18(14)35-20/h3-11,22,32H,1-2H3,(H,28,29). The fourth-order valence-corrected chi connectivity index (χ4v) is 4.58. The van der Waals surface area contributed by atoms with Gasteiger partial charge in [0, 0.05) is 10.4 Å². The maximum absolute atomic E-state index is 13.6. The smallest absolute Gasteiger partial charge is 0.296 e. The van der Waals surface area contributed by atoms with Crippen LogP contribution in [0.3, 0.4) is 0 Å². The number of aromatic nitrogens is 2. The minimum atomic E-state index is -1.05. The van der Waals surface area contributed by atoms with Crippen LogP contribution in [0, 0.1) is 13.8 Å². The second kappa shape index (κ2) is 7.61. The molecule has 2 N–H and O–H groups in total. The molecular formula is C26H18ClN3O5. The molecular weight excluding hydrogens is 470 g/mol. The number of aromatic amines is 1. The van der Waals surface area contributed by atoms with E-state index in [-0.39, 0.29) is 23.0 Å². The molecule has 4 heterocycles. The number of aliphatic hydroxyl groups is 1. The largest absolute Gasteiger partial charge is 0.503 e. The Kier molecular flexibility index (Phi) is 4.62. The van der Waals surface area contributed by atoms with E-state index in [2.05, 4.69) is 9.97 Å². The van der Waals surface area contributed by atoms with Crippen molar-refractivity contribution in [3.05, 3.63) is 93.8 Å².